The summed E-state index contributed by atoms with van der Waals surface area (Å²) >= 11 is 0. The topological polar surface area (TPSA) is 94.7 Å². The first-order valence-electron chi connectivity index (χ1n) is 8.18. The van der Waals surface area contributed by atoms with Crippen LogP contribution in [0, 0.1) is 13.8 Å². The van der Waals surface area contributed by atoms with Gasteiger partial charge in [0.25, 0.3) is 0 Å². The van der Waals surface area contributed by atoms with Gasteiger partial charge in [-0.2, -0.15) is 10.2 Å². The van der Waals surface area contributed by atoms with Crippen LogP contribution in [0.3, 0.4) is 0 Å². The van der Waals surface area contributed by atoms with Gasteiger partial charge in [0, 0.05) is 12.6 Å². The van der Waals surface area contributed by atoms with Crippen molar-refractivity contribution in [3.05, 3.63) is 23.5 Å². The Morgan fingerprint density at radius 3 is 2.42 bits per heavy atom. The molecule has 0 aromatic carbocycles. The van der Waals surface area contributed by atoms with E-state index in [4.69, 9.17) is 0 Å². The van der Waals surface area contributed by atoms with Crippen LogP contribution in [-0.4, -0.2) is 33.0 Å². The molecule has 0 saturated heterocycles. The third-order valence-corrected chi connectivity index (χ3v) is 5.70. The maximum atomic E-state index is 13.0. The van der Waals surface area contributed by atoms with Crippen LogP contribution in [-0.2, 0) is 16.6 Å². The zero-order chi connectivity index (χ0) is 18.1. The van der Waals surface area contributed by atoms with E-state index >= 15 is 0 Å². The molecular weight excluding hydrogens is 328 g/mol. The van der Waals surface area contributed by atoms with Crippen LogP contribution in [0.1, 0.15) is 63.4 Å². The first-order chi connectivity index (χ1) is 11.2. The molecule has 2 rings (SSSR count). The van der Waals surface area contributed by atoms with Crippen molar-refractivity contribution in [2.75, 3.05) is 0 Å². The second-order valence-electron chi connectivity index (χ2n) is 6.05. The molecule has 0 aliphatic rings. The molecule has 2 aromatic heterocycles. The normalized spacial score (nSPS) is 13.6. The van der Waals surface area contributed by atoms with Crippen LogP contribution in [0.25, 0.3) is 0 Å². The van der Waals surface area contributed by atoms with Crippen molar-refractivity contribution in [2.45, 2.75) is 71.5 Å². The summed E-state index contributed by atoms with van der Waals surface area (Å²) in [5.41, 5.74) is 1.14. The van der Waals surface area contributed by atoms with Crippen LogP contribution in [0.5, 0.6) is 0 Å². The number of sulfonamides is 1. The fraction of sp³-hybridized carbons (Fsp3) is 0.667. The summed E-state index contributed by atoms with van der Waals surface area (Å²) in [7, 11) is -3.71. The summed E-state index contributed by atoms with van der Waals surface area (Å²) in [6.07, 6.45) is 2.03. The minimum atomic E-state index is -3.71. The van der Waals surface area contributed by atoms with Gasteiger partial charge in [0.2, 0.25) is 10.0 Å². The Bertz CT molecular complexity index is 806. The molecule has 2 aromatic rings. The van der Waals surface area contributed by atoms with Crippen molar-refractivity contribution in [1.29, 1.82) is 0 Å². The molecule has 9 heteroatoms. The van der Waals surface area contributed by atoms with Crippen molar-refractivity contribution in [2.24, 2.45) is 0 Å². The molecule has 0 unspecified atom stereocenters. The molecule has 1 atom stereocenters. The second kappa shape index (κ2) is 7.02. The highest BCUT2D eigenvalue weighted by atomic mass is 32.2. The van der Waals surface area contributed by atoms with Crippen molar-refractivity contribution >= 4 is 10.0 Å². The highest BCUT2D eigenvalue weighted by molar-refractivity contribution is 7.89. The lowest BCUT2D eigenvalue weighted by Crippen LogP contribution is -2.31. The Hall–Kier alpha value is -1.74. The standard InChI is InChI=1S/C15H26N6O2S/c1-7-13(15-16-9-17-20(15)8-2)19-24(22,23)14-11(5)18-21(10(3)4)12(14)6/h9-10,13,19H,7-8H2,1-6H3/t13-/m0/s1. The molecule has 24 heavy (non-hydrogen) atoms. The minimum Gasteiger partial charge on any atom is -0.266 e. The highest BCUT2D eigenvalue weighted by Crippen LogP contribution is 2.25. The average molecular weight is 354 g/mol. The summed E-state index contributed by atoms with van der Waals surface area (Å²) in [6.45, 7) is 11.9. The molecule has 2 heterocycles. The fourth-order valence-corrected chi connectivity index (χ4v) is 4.57. The number of nitrogens with one attached hydrogen (secondary N) is 1. The van der Waals surface area contributed by atoms with Crippen molar-refractivity contribution in [3.8, 4) is 0 Å². The molecule has 0 radical (unpaired) electrons. The zero-order valence-corrected chi connectivity index (χ0v) is 15.9. The van der Waals surface area contributed by atoms with Gasteiger partial charge in [0.15, 0.2) is 0 Å². The van der Waals surface area contributed by atoms with E-state index in [1.165, 1.54) is 6.33 Å². The van der Waals surface area contributed by atoms with E-state index in [2.05, 4.69) is 19.9 Å². The summed E-state index contributed by atoms with van der Waals surface area (Å²) in [5.74, 6) is 0.620. The Labute approximate surface area is 143 Å². The molecule has 0 spiro atoms. The smallest absolute Gasteiger partial charge is 0.244 e. The lowest BCUT2D eigenvalue weighted by molar-refractivity contribution is 0.500. The average Bonchev–Trinajstić information content (AvgIpc) is 3.09. The van der Waals surface area contributed by atoms with E-state index in [1.807, 2.05) is 27.7 Å². The Balaban J connectivity index is 2.41. The fourth-order valence-electron chi connectivity index (χ4n) is 2.89. The van der Waals surface area contributed by atoms with Gasteiger partial charge in [-0.1, -0.05) is 6.92 Å². The van der Waals surface area contributed by atoms with E-state index < -0.39 is 16.1 Å². The quantitative estimate of drug-likeness (QED) is 0.822. The first-order valence-corrected chi connectivity index (χ1v) is 9.66. The van der Waals surface area contributed by atoms with Gasteiger partial charge in [-0.3, -0.25) is 4.68 Å². The molecule has 134 valence electrons. The SMILES string of the molecule is CC[C@H](NS(=O)(=O)c1c(C)nn(C(C)C)c1C)c1ncnn1CC. The lowest BCUT2D eigenvalue weighted by Gasteiger charge is -2.17. The van der Waals surface area contributed by atoms with Crippen LogP contribution in [0.4, 0.5) is 0 Å². The van der Waals surface area contributed by atoms with Gasteiger partial charge in [0.1, 0.15) is 17.0 Å². The predicted octanol–water partition coefficient (Wildman–Crippen LogP) is 2.12. The molecule has 0 aliphatic heterocycles. The van der Waals surface area contributed by atoms with Gasteiger partial charge < -0.3 is 0 Å². The van der Waals surface area contributed by atoms with E-state index in [9.17, 15) is 8.42 Å². The third kappa shape index (κ3) is 3.36. The Morgan fingerprint density at radius 1 is 1.25 bits per heavy atom. The summed E-state index contributed by atoms with van der Waals surface area (Å²) in [4.78, 5) is 4.47. The van der Waals surface area contributed by atoms with E-state index in [1.54, 1.807) is 23.2 Å². The molecule has 0 saturated carbocycles. The van der Waals surface area contributed by atoms with Crippen LogP contribution in [0.2, 0.25) is 0 Å². The number of rotatable bonds is 7. The predicted molar refractivity (Wildman–Crippen MR) is 91.1 cm³/mol. The summed E-state index contributed by atoms with van der Waals surface area (Å²) < 4.78 is 32.1. The van der Waals surface area contributed by atoms with E-state index in [-0.39, 0.29) is 10.9 Å². The lowest BCUT2D eigenvalue weighted by atomic mass is 10.2. The monoisotopic (exact) mass is 354 g/mol. The van der Waals surface area contributed by atoms with Crippen molar-refractivity contribution < 1.29 is 8.42 Å². The van der Waals surface area contributed by atoms with Crippen molar-refractivity contribution in [1.82, 2.24) is 29.3 Å². The molecule has 0 fully saturated rings. The number of aromatic nitrogens is 5. The molecule has 1 N–H and O–H groups in total. The molecular formula is C15H26N6O2S. The van der Waals surface area contributed by atoms with Gasteiger partial charge in [-0.05, 0) is 41.0 Å². The van der Waals surface area contributed by atoms with Crippen LogP contribution in [0.15, 0.2) is 11.2 Å². The zero-order valence-electron chi connectivity index (χ0n) is 15.1. The molecule has 0 bridgehead atoms. The van der Waals surface area contributed by atoms with Gasteiger partial charge in [0.05, 0.1) is 17.4 Å². The number of hydrogen-bond donors (Lipinski definition) is 1. The minimum absolute atomic E-state index is 0.0952. The van der Waals surface area contributed by atoms with Crippen molar-refractivity contribution in [3.63, 3.8) is 0 Å². The van der Waals surface area contributed by atoms with E-state index in [0.717, 1.165) is 0 Å². The maximum Gasteiger partial charge on any atom is 0.244 e. The maximum absolute atomic E-state index is 13.0. The number of nitrogens with zero attached hydrogens (tertiary/aromatic N) is 5. The van der Waals surface area contributed by atoms with E-state index in [0.29, 0.717) is 30.2 Å². The third-order valence-electron chi connectivity index (χ3n) is 3.98. The van der Waals surface area contributed by atoms with Gasteiger partial charge >= 0.3 is 0 Å². The number of aryl methyl sites for hydroxylation is 2. The highest BCUT2D eigenvalue weighted by Gasteiger charge is 2.29. The van der Waals surface area contributed by atoms with Gasteiger partial charge in [-0.15, -0.1) is 0 Å². The summed E-state index contributed by atoms with van der Waals surface area (Å²) in [6, 6.07) is -0.337. The first kappa shape index (κ1) is 18.6. The van der Waals surface area contributed by atoms with Crippen LogP contribution < -0.4 is 4.72 Å². The van der Waals surface area contributed by atoms with Gasteiger partial charge in [-0.25, -0.2) is 22.8 Å². The summed E-state index contributed by atoms with van der Waals surface area (Å²) in [5, 5.41) is 8.49. The molecule has 0 amide bonds. The largest absolute Gasteiger partial charge is 0.266 e. The number of hydrogen-bond acceptors (Lipinski definition) is 5. The molecule has 8 nitrogen and oxygen atoms in total. The Morgan fingerprint density at radius 2 is 1.92 bits per heavy atom. The second-order valence-corrected chi connectivity index (χ2v) is 7.71. The molecule has 0 aliphatic carbocycles. The van der Waals surface area contributed by atoms with Crippen LogP contribution >= 0.6 is 0 Å². The Kier molecular flexibility index (Phi) is 5.44.